The van der Waals surface area contributed by atoms with Crippen LogP contribution in [0.4, 0.5) is 5.69 Å². The number of nitrogens with zero attached hydrogens (tertiary/aromatic N) is 1. The van der Waals surface area contributed by atoms with E-state index in [0.717, 1.165) is 17.7 Å². The Balaban J connectivity index is 1.89. The van der Waals surface area contributed by atoms with Gasteiger partial charge in [-0.2, -0.15) is 0 Å². The van der Waals surface area contributed by atoms with Gasteiger partial charge in [0, 0.05) is 5.56 Å². The number of hydrogen-bond donors (Lipinski definition) is 0. The topological polar surface area (TPSA) is 29.5 Å². The lowest BCUT2D eigenvalue weighted by Crippen LogP contribution is -2.27. The molecule has 0 aliphatic carbocycles. The Bertz CT molecular complexity index is 872. The maximum absolute atomic E-state index is 12.9. The number of thiocarbonyl (C=S) groups is 1. The van der Waals surface area contributed by atoms with Crippen molar-refractivity contribution in [2.75, 3.05) is 11.5 Å². The zero-order chi connectivity index (χ0) is 18.5. The van der Waals surface area contributed by atoms with E-state index in [0.29, 0.717) is 21.6 Å². The van der Waals surface area contributed by atoms with Crippen molar-refractivity contribution in [2.24, 2.45) is 0 Å². The van der Waals surface area contributed by atoms with Gasteiger partial charge in [0.05, 0.1) is 10.6 Å². The standard InChI is InChI=1S/C21H19NO2S2/c1-3-13-24-18-8-6-5-7-16(18)14-19-20(23)22(21(25)26-19)17-11-9-15(4-2)10-12-17/h3,5-12,14H,1,4,13H2,2H3/b19-14-. The number of anilines is 1. The van der Waals surface area contributed by atoms with Crippen LogP contribution in [-0.4, -0.2) is 16.8 Å². The van der Waals surface area contributed by atoms with Crippen molar-refractivity contribution in [1.82, 2.24) is 0 Å². The third kappa shape index (κ3) is 3.89. The molecule has 0 atom stereocenters. The van der Waals surface area contributed by atoms with Gasteiger partial charge < -0.3 is 4.74 Å². The fourth-order valence-electron chi connectivity index (χ4n) is 2.59. The van der Waals surface area contributed by atoms with Crippen LogP contribution in [0.15, 0.2) is 66.1 Å². The largest absolute Gasteiger partial charge is 0.489 e. The molecule has 26 heavy (non-hydrogen) atoms. The Morgan fingerprint density at radius 2 is 1.92 bits per heavy atom. The molecule has 0 radical (unpaired) electrons. The molecule has 2 aromatic carbocycles. The van der Waals surface area contributed by atoms with E-state index in [1.807, 2.05) is 54.6 Å². The molecule has 1 saturated heterocycles. The van der Waals surface area contributed by atoms with E-state index in [9.17, 15) is 4.79 Å². The molecule has 0 N–H and O–H groups in total. The average Bonchev–Trinajstić information content (AvgIpc) is 2.94. The molecule has 1 aliphatic rings. The number of hydrogen-bond acceptors (Lipinski definition) is 4. The molecule has 0 spiro atoms. The van der Waals surface area contributed by atoms with Crippen LogP contribution < -0.4 is 9.64 Å². The SMILES string of the molecule is C=CCOc1ccccc1/C=C1\SC(=S)N(c2ccc(CC)cc2)C1=O. The Morgan fingerprint density at radius 3 is 2.62 bits per heavy atom. The quantitative estimate of drug-likeness (QED) is 0.390. The first-order chi connectivity index (χ1) is 12.6. The van der Waals surface area contributed by atoms with E-state index >= 15 is 0 Å². The van der Waals surface area contributed by atoms with Gasteiger partial charge in [-0.1, -0.05) is 73.9 Å². The van der Waals surface area contributed by atoms with Crippen molar-refractivity contribution in [3.05, 3.63) is 77.2 Å². The number of thioether (sulfide) groups is 1. The number of amides is 1. The van der Waals surface area contributed by atoms with Gasteiger partial charge in [0.15, 0.2) is 4.32 Å². The molecule has 2 aromatic rings. The van der Waals surface area contributed by atoms with Crippen molar-refractivity contribution in [3.8, 4) is 5.75 Å². The summed E-state index contributed by atoms with van der Waals surface area (Å²) in [7, 11) is 0. The Morgan fingerprint density at radius 1 is 1.19 bits per heavy atom. The lowest BCUT2D eigenvalue weighted by Gasteiger charge is -2.14. The third-order valence-electron chi connectivity index (χ3n) is 3.96. The molecule has 1 fully saturated rings. The van der Waals surface area contributed by atoms with Crippen LogP contribution in [-0.2, 0) is 11.2 Å². The van der Waals surface area contributed by atoms with Crippen LogP contribution in [0.3, 0.4) is 0 Å². The summed E-state index contributed by atoms with van der Waals surface area (Å²) < 4.78 is 6.20. The molecule has 0 bridgehead atoms. The number of para-hydroxylation sites is 1. The third-order valence-corrected chi connectivity index (χ3v) is 5.26. The van der Waals surface area contributed by atoms with Gasteiger partial charge in [0.1, 0.15) is 12.4 Å². The average molecular weight is 382 g/mol. The van der Waals surface area contributed by atoms with Crippen LogP contribution in [0.2, 0.25) is 0 Å². The number of carbonyl (C=O) groups is 1. The summed E-state index contributed by atoms with van der Waals surface area (Å²) in [5.41, 5.74) is 2.86. The maximum atomic E-state index is 12.9. The number of benzene rings is 2. The molecule has 0 unspecified atom stereocenters. The summed E-state index contributed by atoms with van der Waals surface area (Å²) in [4.78, 5) is 15.1. The van der Waals surface area contributed by atoms with Crippen molar-refractivity contribution in [3.63, 3.8) is 0 Å². The lowest BCUT2D eigenvalue weighted by atomic mass is 10.1. The normalized spacial score (nSPS) is 15.6. The smallest absolute Gasteiger partial charge is 0.270 e. The zero-order valence-electron chi connectivity index (χ0n) is 14.5. The molecular formula is C21H19NO2S2. The van der Waals surface area contributed by atoms with Crippen LogP contribution in [0.1, 0.15) is 18.1 Å². The molecule has 1 aliphatic heterocycles. The number of rotatable bonds is 6. The minimum Gasteiger partial charge on any atom is -0.489 e. The minimum absolute atomic E-state index is 0.109. The zero-order valence-corrected chi connectivity index (χ0v) is 16.1. The van der Waals surface area contributed by atoms with Crippen LogP contribution >= 0.6 is 24.0 Å². The predicted octanol–water partition coefficient (Wildman–Crippen LogP) is 5.22. The van der Waals surface area contributed by atoms with E-state index in [-0.39, 0.29) is 5.91 Å². The highest BCUT2D eigenvalue weighted by Crippen LogP contribution is 2.37. The second kappa shape index (κ2) is 8.34. The number of carbonyl (C=O) groups excluding carboxylic acids is 1. The molecule has 0 aromatic heterocycles. The van der Waals surface area contributed by atoms with Crippen molar-refractivity contribution >= 4 is 46.0 Å². The van der Waals surface area contributed by atoms with Gasteiger partial charge in [-0.25, -0.2) is 0 Å². The highest BCUT2D eigenvalue weighted by molar-refractivity contribution is 8.27. The Labute approximate surface area is 163 Å². The predicted molar refractivity (Wildman–Crippen MR) is 114 cm³/mol. The number of ether oxygens (including phenoxy) is 1. The highest BCUT2D eigenvalue weighted by atomic mass is 32.2. The summed E-state index contributed by atoms with van der Waals surface area (Å²) in [6.07, 6.45) is 4.48. The molecule has 1 amide bonds. The van der Waals surface area contributed by atoms with Gasteiger partial charge in [0.25, 0.3) is 5.91 Å². The van der Waals surface area contributed by atoms with Crippen molar-refractivity contribution < 1.29 is 9.53 Å². The van der Waals surface area contributed by atoms with Crippen LogP contribution in [0.5, 0.6) is 5.75 Å². The summed E-state index contributed by atoms with van der Waals surface area (Å²) in [6.45, 7) is 6.18. The molecule has 3 rings (SSSR count). The fourth-order valence-corrected chi connectivity index (χ4v) is 3.88. The minimum atomic E-state index is -0.109. The van der Waals surface area contributed by atoms with Gasteiger partial charge in [0.2, 0.25) is 0 Å². The summed E-state index contributed by atoms with van der Waals surface area (Å²) in [6, 6.07) is 15.5. The van der Waals surface area contributed by atoms with Crippen LogP contribution in [0, 0.1) is 0 Å². The summed E-state index contributed by atoms with van der Waals surface area (Å²) in [5.74, 6) is 0.604. The molecule has 3 nitrogen and oxygen atoms in total. The van der Waals surface area contributed by atoms with Gasteiger partial charge in [-0.3, -0.25) is 9.69 Å². The summed E-state index contributed by atoms with van der Waals surface area (Å²) >= 11 is 6.75. The van der Waals surface area contributed by atoms with E-state index in [1.54, 1.807) is 11.0 Å². The fraction of sp³-hybridized carbons (Fsp3) is 0.143. The number of aryl methyl sites for hydroxylation is 1. The monoisotopic (exact) mass is 381 g/mol. The molecular weight excluding hydrogens is 362 g/mol. The molecule has 132 valence electrons. The second-order valence-corrected chi connectivity index (χ2v) is 7.35. The van der Waals surface area contributed by atoms with Gasteiger partial charge >= 0.3 is 0 Å². The van der Waals surface area contributed by atoms with Crippen molar-refractivity contribution in [2.45, 2.75) is 13.3 Å². The second-order valence-electron chi connectivity index (χ2n) is 5.67. The Hall–Kier alpha value is -2.37. The Kier molecular flexibility index (Phi) is 5.91. The maximum Gasteiger partial charge on any atom is 0.270 e. The molecule has 1 heterocycles. The first-order valence-corrected chi connectivity index (χ1v) is 9.56. The van der Waals surface area contributed by atoms with Crippen LogP contribution in [0.25, 0.3) is 6.08 Å². The van der Waals surface area contributed by atoms with E-state index in [2.05, 4.69) is 13.5 Å². The van der Waals surface area contributed by atoms with E-state index < -0.39 is 0 Å². The van der Waals surface area contributed by atoms with E-state index in [1.165, 1.54) is 17.3 Å². The van der Waals surface area contributed by atoms with Gasteiger partial charge in [-0.15, -0.1) is 0 Å². The summed E-state index contributed by atoms with van der Waals surface area (Å²) in [5, 5.41) is 0. The molecule has 0 saturated carbocycles. The van der Waals surface area contributed by atoms with Crippen molar-refractivity contribution in [1.29, 1.82) is 0 Å². The first kappa shape index (κ1) is 18.4. The van der Waals surface area contributed by atoms with E-state index in [4.69, 9.17) is 17.0 Å². The lowest BCUT2D eigenvalue weighted by molar-refractivity contribution is -0.113. The first-order valence-electron chi connectivity index (χ1n) is 8.33. The highest BCUT2D eigenvalue weighted by Gasteiger charge is 2.33. The molecule has 5 heteroatoms. The van der Waals surface area contributed by atoms with Gasteiger partial charge in [-0.05, 0) is 36.3 Å².